The first-order valence-electron chi connectivity index (χ1n) is 7.43. The molecule has 0 saturated heterocycles. The Morgan fingerprint density at radius 2 is 2.05 bits per heavy atom. The fourth-order valence-electron chi connectivity index (χ4n) is 2.92. The van der Waals surface area contributed by atoms with Crippen LogP contribution in [0.2, 0.25) is 0 Å². The van der Waals surface area contributed by atoms with Crippen LogP contribution in [0.1, 0.15) is 57.7 Å². The molecule has 108 valence electrons. The number of aryl methyl sites for hydroxylation is 1. The third-order valence-electron chi connectivity index (χ3n) is 3.85. The second kappa shape index (κ2) is 6.96. The highest BCUT2D eigenvalue weighted by Gasteiger charge is 2.39. The van der Waals surface area contributed by atoms with Gasteiger partial charge in [-0.1, -0.05) is 19.3 Å². The van der Waals surface area contributed by atoms with Gasteiger partial charge in [0.25, 0.3) is 0 Å². The maximum Gasteiger partial charge on any atom is 0.183 e. The molecule has 2 N–H and O–H groups in total. The highest BCUT2D eigenvalue weighted by molar-refractivity contribution is 5.02. The summed E-state index contributed by atoms with van der Waals surface area (Å²) in [6, 6.07) is 0. The van der Waals surface area contributed by atoms with Gasteiger partial charge in [0.15, 0.2) is 5.82 Å². The van der Waals surface area contributed by atoms with E-state index in [1.165, 1.54) is 19.3 Å². The molecule has 6 nitrogen and oxygen atoms in total. The van der Waals surface area contributed by atoms with Crippen LogP contribution in [0.25, 0.3) is 0 Å². The van der Waals surface area contributed by atoms with Crippen LogP contribution in [0.5, 0.6) is 0 Å². The summed E-state index contributed by atoms with van der Waals surface area (Å²) in [6.07, 6.45) is 7.72. The number of hydrogen-bond donors (Lipinski definition) is 1. The molecule has 0 bridgehead atoms. The van der Waals surface area contributed by atoms with E-state index in [0.717, 1.165) is 38.1 Å². The zero-order chi connectivity index (χ0) is 13.6. The van der Waals surface area contributed by atoms with Gasteiger partial charge in [-0.3, -0.25) is 0 Å². The first-order chi connectivity index (χ1) is 9.32. The largest absolute Gasteiger partial charge is 0.367 e. The highest BCUT2D eigenvalue weighted by atomic mass is 16.5. The van der Waals surface area contributed by atoms with Gasteiger partial charge in [-0.15, -0.1) is 5.10 Å². The van der Waals surface area contributed by atoms with Crippen molar-refractivity contribution in [2.45, 2.75) is 64.0 Å². The Labute approximate surface area is 114 Å². The van der Waals surface area contributed by atoms with E-state index >= 15 is 0 Å². The van der Waals surface area contributed by atoms with Crippen molar-refractivity contribution >= 4 is 0 Å². The monoisotopic (exact) mass is 267 g/mol. The van der Waals surface area contributed by atoms with E-state index in [1.807, 2.05) is 11.6 Å². The molecule has 0 atom stereocenters. The standard InChI is InChI=1S/C13H25N5O/c1-2-19-13(8-4-3-5-9-13)12-15-16-17-18(12)11-7-6-10-14/h2-11,14H2,1H3. The molecule has 0 amide bonds. The van der Waals surface area contributed by atoms with E-state index in [9.17, 15) is 0 Å². The van der Waals surface area contributed by atoms with Crippen LogP contribution in [0.15, 0.2) is 0 Å². The van der Waals surface area contributed by atoms with Gasteiger partial charge in [-0.05, 0) is 49.6 Å². The molecule has 0 aliphatic heterocycles. The molecule has 1 fully saturated rings. The molecule has 1 aliphatic carbocycles. The first kappa shape index (κ1) is 14.4. The van der Waals surface area contributed by atoms with Crippen LogP contribution >= 0.6 is 0 Å². The Morgan fingerprint density at radius 3 is 2.74 bits per heavy atom. The number of ether oxygens (including phenoxy) is 1. The minimum absolute atomic E-state index is 0.265. The Morgan fingerprint density at radius 1 is 1.26 bits per heavy atom. The summed E-state index contributed by atoms with van der Waals surface area (Å²) in [5.74, 6) is 0.908. The van der Waals surface area contributed by atoms with E-state index in [0.29, 0.717) is 13.2 Å². The molecule has 6 heteroatoms. The zero-order valence-corrected chi connectivity index (χ0v) is 11.8. The average Bonchev–Trinajstić information content (AvgIpc) is 2.90. The molecule has 1 aliphatic rings. The first-order valence-corrected chi connectivity index (χ1v) is 7.43. The summed E-state index contributed by atoms with van der Waals surface area (Å²) in [6.45, 7) is 4.29. The van der Waals surface area contributed by atoms with Crippen molar-refractivity contribution in [3.8, 4) is 0 Å². The van der Waals surface area contributed by atoms with Crippen LogP contribution in [0, 0.1) is 0 Å². The van der Waals surface area contributed by atoms with Crippen LogP contribution in [-0.2, 0) is 16.9 Å². The second-order valence-electron chi connectivity index (χ2n) is 5.21. The minimum Gasteiger partial charge on any atom is -0.367 e. The van der Waals surface area contributed by atoms with Crippen LogP contribution in [-0.4, -0.2) is 33.4 Å². The highest BCUT2D eigenvalue weighted by Crippen LogP contribution is 2.39. The molecule has 0 radical (unpaired) electrons. The molecule has 1 heterocycles. The molecule has 19 heavy (non-hydrogen) atoms. The maximum absolute atomic E-state index is 6.07. The van der Waals surface area contributed by atoms with Gasteiger partial charge in [-0.25, -0.2) is 4.68 Å². The van der Waals surface area contributed by atoms with E-state index in [1.54, 1.807) is 0 Å². The number of rotatable bonds is 7. The van der Waals surface area contributed by atoms with Crippen molar-refractivity contribution in [3.63, 3.8) is 0 Å². The molecule has 0 aromatic carbocycles. The normalized spacial score (nSPS) is 18.6. The van der Waals surface area contributed by atoms with E-state index < -0.39 is 0 Å². The smallest absolute Gasteiger partial charge is 0.183 e. The van der Waals surface area contributed by atoms with Crippen molar-refractivity contribution in [1.29, 1.82) is 0 Å². The summed E-state index contributed by atoms with van der Waals surface area (Å²) in [5, 5.41) is 12.2. The summed E-state index contributed by atoms with van der Waals surface area (Å²) >= 11 is 0. The van der Waals surface area contributed by atoms with Gasteiger partial charge in [0, 0.05) is 13.2 Å². The summed E-state index contributed by atoms with van der Waals surface area (Å²) in [5.41, 5.74) is 5.27. The Balaban J connectivity index is 2.14. The molecular weight excluding hydrogens is 242 g/mol. The van der Waals surface area contributed by atoms with Gasteiger partial charge in [-0.2, -0.15) is 0 Å². The number of unbranched alkanes of at least 4 members (excludes halogenated alkanes) is 1. The van der Waals surface area contributed by atoms with Crippen molar-refractivity contribution in [1.82, 2.24) is 20.2 Å². The molecule has 1 aromatic heterocycles. The lowest BCUT2D eigenvalue weighted by Crippen LogP contribution is -2.36. The average molecular weight is 267 g/mol. The third-order valence-corrected chi connectivity index (χ3v) is 3.85. The number of hydrogen-bond acceptors (Lipinski definition) is 5. The molecule has 0 unspecified atom stereocenters. The Kier molecular flexibility index (Phi) is 5.27. The molecular formula is C13H25N5O. The van der Waals surface area contributed by atoms with Gasteiger partial charge in [0.05, 0.1) is 0 Å². The maximum atomic E-state index is 6.07. The van der Waals surface area contributed by atoms with Crippen molar-refractivity contribution < 1.29 is 4.74 Å². The molecule has 1 aromatic rings. The Bertz CT molecular complexity index is 367. The summed E-state index contributed by atoms with van der Waals surface area (Å²) in [4.78, 5) is 0. The van der Waals surface area contributed by atoms with Crippen LogP contribution in [0.3, 0.4) is 0 Å². The van der Waals surface area contributed by atoms with Crippen molar-refractivity contribution in [2.75, 3.05) is 13.2 Å². The number of nitrogens with zero attached hydrogens (tertiary/aromatic N) is 4. The topological polar surface area (TPSA) is 78.9 Å². The van der Waals surface area contributed by atoms with Gasteiger partial charge >= 0.3 is 0 Å². The Hall–Kier alpha value is -1.01. The number of nitrogens with two attached hydrogens (primary N) is 1. The predicted molar refractivity (Wildman–Crippen MR) is 72.5 cm³/mol. The quantitative estimate of drug-likeness (QED) is 0.759. The van der Waals surface area contributed by atoms with E-state index in [-0.39, 0.29) is 5.60 Å². The zero-order valence-electron chi connectivity index (χ0n) is 11.8. The van der Waals surface area contributed by atoms with Crippen LogP contribution in [0.4, 0.5) is 0 Å². The lowest BCUT2D eigenvalue weighted by Gasteiger charge is -2.35. The lowest BCUT2D eigenvalue weighted by atomic mass is 9.84. The fourth-order valence-corrected chi connectivity index (χ4v) is 2.92. The third kappa shape index (κ3) is 3.30. The number of aromatic nitrogens is 4. The van der Waals surface area contributed by atoms with Gasteiger partial charge < -0.3 is 10.5 Å². The molecule has 1 saturated carbocycles. The van der Waals surface area contributed by atoms with Gasteiger partial charge in [0.2, 0.25) is 0 Å². The predicted octanol–water partition coefficient (Wildman–Crippen LogP) is 1.61. The van der Waals surface area contributed by atoms with Crippen molar-refractivity contribution in [2.24, 2.45) is 5.73 Å². The minimum atomic E-state index is -0.265. The summed E-state index contributed by atoms with van der Waals surface area (Å²) in [7, 11) is 0. The van der Waals surface area contributed by atoms with E-state index in [2.05, 4.69) is 15.5 Å². The van der Waals surface area contributed by atoms with E-state index in [4.69, 9.17) is 10.5 Å². The molecule has 2 rings (SSSR count). The second-order valence-corrected chi connectivity index (χ2v) is 5.21. The SMILES string of the molecule is CCOC1(c2nnnn2CCCCN)CCCCC1. The van der Waals surface area contributed by atoms with Crippen molar-refractivity contribution in [3.05, 3.63) is 5.82 Å². The molecule has 0 spiro atoms. The lowest BCUT2D eigenvalue weighted by molar-refractivity contribution is -0.0796. The number of tetrazole rings is 1. The van der Waals surface area contributed by atoms with Crippen LogP contribution < -0.4 is 5.73 Å². The fraction of sp³-hybridized carbons (Fsp3) is 0.923. The van der Waals surface area contributed by atoms with Gasteiger partial charge in [0.1, 0.15) is 5.60 Å². The summed E-state index contributed by atoms with van der Waals surface area (Å²) < 4.78 is 7.99.